The number of carbonyl (C=O) groups is 2. The standard InChI is InChI=1S/C19H17N3O2S2/c23-17(9-8-14-5-2-1-3-6-14)22-19-21-15(13-26-19)11-18(24)20-12-16-7-4-10-25-16/h1-10,13H,11-12H2,(H,20,24)(H,21,22,23)/b9-8+. The quantitative estimate of drug-likeness (QED) is 0.611. The molecule has 0 saturated carbocycles. The fourth-order valence-corrected chi connectivity index (χ4v) is 3.51. The number of amides is 2. The molecule has 0 bridgehead atoms. The van der Waals surface area contributed by atoms with Gasteiger partial charge in [-0.1, -0.05) is 36.4 Å². The van der Waals surface area contributed by atoms with Crippen molar-refractivity contribution in [1.82, 2.24) is 10.3 Å². The lowest BCUT2D eigenvalue weighted by molar-refractivity contribution is -0.120. The Kier molecular flexibility index (Phi) is 6.29. The predicted molar refractivity (Wildman–Crippen MR) is 106 cm³/mol. The van der Waals surface area contributed by atoms with Gasteiger partial charge < -0.3 is 5.32 Å². The summed E-state index contributed by atoms with van der Waals surface area (Å²) in [5, 5.41) is 9.81. The van der Waals surface area contributed by atoms with Crippen molar-refractivity contribution in [3.8, 4) is 0 Å². The van der Waals surface area contributed by atoms with Gasteiger partial charge in [0.1, 0.15) is 0 Å². The maximum atomic E-state index is 12.0. The number of hydrogen-bond acceptors (Lipinski definition) is 5. The van der Waals surface area contributed by atoms with E-state index in [4.69, 9.17) is 0 Å². The maximum absolute atomic E-state index is 12.0. The van der Waals surface area contributed by atoms with Gasteiger partial charge in [-0.2, -0.15) is 0 Å². The first-order valence-corrected chi connectivity index (χ1v) is 9.72. The minimum atomic E-state index is -0.253. The highest BCUT2D eigenvalue weighted by atomic mass is 32.1. The van der Waals surface area contributed by atoms with Crippen molar-refractivity contribution in [2.45, 2.75) is 13.0 Å². The number of anilines is 1. The number of hydrogen-bond donors (Lipinski definition) is 2. The molecule has 0 aliphatic heterocycles. The van der Waals surface area contributed by atoms with Crippen LogP contribution < -0.4 is 10.6 Å². The van der Waals surface area contributed by atoms with Crippen LogP contribution in [0.3, 0.4) is 0 Å². The first-order chi connectivity index (χ1) is 12.7. The van der Waals surface area contributed by atoms with Gasteiger partial charge in [-0.25, -0.2) is 4.98 Å². The summed E-state index contributed by atoms with van der Waals surface area (Å²) in [6, 6.07) is 13.5. The topological polar surface area (TPSA) is 71.1 Å². The van der Waals surface area contributed by atoms with Gasteiger partial charge in [0.2, 0.25) is 11.8 Å². The Morgan fingerprint density at radius 3 is 2.69 bits per heavy atom. The first kappa shape index (κ1) is 18.0. The molecular weight excluding hydrogens is 366 g/mol. The zero-order valence-corrected chi connectivity index (χ0v) is 15.5. The van der Waals surface area contributed by atoms with Crippen molar-refractivity contribution < 1.29 is 9.59 Å². The van der Waals surface area contributed by atoms with E-state index in [9.17, 15) is 9.59 Å². The molecule has 132 valence electrons. The fraction of sp³-hybridized carbons (Fsp3) is 0.105. The van der Waals surface area contributed by atoms with E-state index in [1.54, 1.807) is 22.8 Å². The Labute approximate surface area is 159 Å². The van der Waals surface area contributed by atoms with E-state index in [0.717, 1.165) is 10.4 Å². The van der Waals surface area contributed by atoms with Crippen LogP contribution in [-0.2, 0) is 22.6 Å². The molecule has 3 rings (SSSR count). The number of thiazole rings is 1. The molecule has 0 saturated heterocycles. The van der Waals surface area contributed by atoms with Crippen LogP contribution in [0.15, 0.2) is 59.3 Å². The number of aromatic nitrogens is 1. The third-order valence-electron chi connectivity index (χ3n) is 3.39. The van der Waals surface area contributed by atoms with Gasteiger partial charge in [0.15, 0.2) is 5.13 Å². The molecule has 26 heavy (non-hydrogen) atoms. The lowest BCUT2D eigenvalue weighted by Crippen LogP contribution is -2.24. The average Bonchev–Trinajstić information content (AvgIpc) is 3.31. The normalized spacial score (nSPS) is 10.8. The average molecular weight is 383 g/mol. The van der Waals surface area contributed by atoms with Crippen LogP contribution >= 0.6 is 22.7 Å². The molecule has 0 radical (unpaired) electrons. The Balaban J connectivity index is 1.47. The second kappa shape index (κ2) is 9.07. The number of rotatable bonds is 7. The monoisotopic (exact) mass is 383 g/mol. The second-order valence-electron chi connectivity index (χ2n) is 5.41. The summed E-state index contributed by atoms with van der Waals surface area (Å²) in [4.78, 5) is 29.3. The molecule has 2 N–H and O–H groups in total. The molecule has 0 unspecified atom stereocenters. The number of benzene rings is 1. The van der Waals surface area contributed by atoms with Crippen LogP contribution in [0.5, 0.6) is 0 Å². The van der Waals surface area contributed by atoms with Gasteiger partial charge in [0, 0.05) is 16.3 Å². The van der Waals surface area contributed by atoms with Crippen LogP contribution in [0.2, 0.25) is 0 Å². The molecule has 0 atom stereocenters. The molecule has 0 spiro atoms. The van der Waals surface area contributed by atoms with E-state index < -0.39 is 0 Å². The van der Waals surface area contributed by atoms with Crippen LogP contribution in [-0.4, -0.2) is 16.8 Å². The molecule has 2 aromatic heterocycles. The van der Waals surface area contributed by atoms with Gasteiger partial charge >= 0.3 is 0 Å². The SMILES string of the molecule is O=C(/C=C/c1ccccc1)Nc1nc(CC(=O)NCc2cccs2)cs1. The van der Waals surface area contributed by atoms with E-state index in [0.29, 0.717) is 17.4 Å². The van der Waals surface area contributed by atoms with Gasteiger partial charge in [-0.15, -0.1) is 22.7 Å². The highest BCUT2D eigenvalue weighted by Crippen LogP contribution is 2.16. The molecule has 5 nitrogen and oxygen atoms in total. The van der Waals surface area contributed by atoms with E-state index in [-0.39, 0.29) is 18.2 Å². The molecular formula is C19H17N3O2S2. The van der Waals surface area contributed by atoms with Crippen LogP contribution in [0.25, 0.3) is 6.08 Å². The Bertz CT molecular complexity index is 887. The largest absolute Gasteiger partial charge is 0.351 e. The third kappa shape index (κ3) is 5.65. The Morgan fingerprint density at radius 1 is 1.08 bits per heavy atom. The van der Waals surface area contributed by atoms with Crippen LogP contribution in [0, 0.1) is 0 Å². The fourth-order valence-electron chi connectivity index (χ4n) is 2.15. The number of nitrogens with zero attached hydrogens (tertiary/aromatic N) is 1. The lowest BCUT2D eigenvalue weighted by Gasteiger charge is -2.01. The molecule has 0 fully saturated rings. The van der Waals surface area contributed by atoms with Crippen LogP contribution in [0.1, 0.15) is 16.1 Å². The molecule has 2 amide bonds. The van der Waals surface area contributed by atoms with Crippen molar-refractivity contribution in [1.29, 1.82) is 0 Å². The van der Waals surface area contributed by atoms with Crippen molar-refractivity contribution >= 4 is 45.7 Å². The molecule has 2 heterocycles. The number of carbonyl (C=O) groups excluding carboxylic acids is 2. The summed E-state index contributed by atoms with van der Waals surface area (Å²) in [5.41, 5.74) is 1.59. The zero-order chi connectivity index (χ0) is 18.2. The molecule has 0 aliphatic rings. The highest BCUT2D eigenvalue weighted by molar-refractivity contribution is 7.14. The Hall–Kier alpha value is -2.77. The maximum Gasteiger partial charge on any atom is 0.250 e. The summed E-state index contributed by atoms with van der Waals surface area (Å²) in [5.74, 6) is -0.345. The summed E-state index contributed by atoms with van der Waals surface area (Å²) in [7, 11) is 0. The van der Waals surface area contributed by atoms with Crippen molar-refractivity contribution in [3.05, 3.63) is 75.4 Å². The van der Waals surface area contributed by atoms with E-state index in [1.165, 1.54) is 17.4 Å². The van der Waals surface area contributed by atoms with Crippen molar-refractivity contribution in [2.24, 2.45) is 0 Å². The summed E-state index contributed by atoms with van der Waals surface area (Å²) >= 11 is 2.91. The predicted octanol–water partition coefficient (Wildman–Crippen LogP) is 3.72. The van der Waals surface area contributed by atoms with E-state index in [2.05, 4.69) is 15.6 Å². The minimum absolute atomic E-state index is 0.0921. The Morgan fingerprint density at radius 2 is 1.92 bits per heavy atom. The second-order valence-corrected chi connectivity index (χ2v) is 7.30. The molecule has 1 aromatic carbocycles. The van der Waals surface area contributed by atoms with Crippen molar-refractivity contribution in [3.63, 3.8) is 0 Å². The number of nitrogens with one attached hydrogen (secondary N) is 2. The van der Waals surface area contributed by atoms with E-state index in [1.807, 2.05) is 47.8 Å². The molecule has 7 heteroatoms. The van der Waals surface area contributed by atoms with Gasteiger partial charge in [-0.05, 0) is 23.1 Å². The zero-order valence-electron chi connectivity index (χ0n) is 13.8. The van der Waals surface area contributed by atoms with Crippen molar-refractivity contribution in [2.75, 3.05) is 5.32 Å². The van der Waals surface area contributed by atoms with E-state index >= 15 is 0 Å². The third-order valence-corrected chi connectivity index (χ3v) is 5.07. The lowest BCUT2D eigenvalue weighted by atomic mass is 10.2. The molecule has 3 aromatic rings. The van der Waals surface area contributed by atoms with Crippen LogP contribution in [0.4, 0.5) is 5.13 Å². The summed E-state index contributed by atoms with van der Waals surface area (Å²) in [6.45, 7) is 0.522. The molecule has 0 aliphatic carbocycles. The van der Waals surface area contributed by atoms with Gasteiger partial charge in [0.05, 0.1) is 18.7 Å². The first-order valence-electron chi connectivity index (χ1n) is 7.96. The minimum Gasteiger partial charge on any atom is -0.351 e. The smallest absolute Gasteiger partial charge is 0.250 e. The van der Waals surface area contributed by atoms with Gasteiger partial charge in [0.25, 0.3) is 0 Å². The van der Waals surface area contributed by atoms with Gasteiger partial charge in [-0.3, -0.25) is 14.9 Å². The summed E-state index contributed by atoms with van der Waals surface area (Å²) < 4.78 is 0. The number of thiophene rings is 1. The summed E-state index contributed by atoms with van der Waals surface area (Å²) in [6.07, 6.45) is 3.39. The highest BCUT2D eigenvalue weighted by Gasteiger charge is 2.09.